The molecule has 6 rings (SSSR count). The molecule has 8 heteroatoms. The molecule has 0 aliphatic carbocycles. The molecule has 162 valence electrons. The zero-order valence-corrected chi connectivity index (χ0v) is 17.2. The van der Waals surface area contributed by atoms with Gasteiger partial charge >= 0.3 is 0 Å². The molecule has 0 saturated carbocycles. The lowest BCUT2D eigenvalue weighted by Gasteiger charge is -2.40. The second-order valence-corrected chi connectivity index (χ2v) is 8.64. The Bertz CT molecular complexity index is 1340. The van der Waals surface area contributed by atoms with Crippen LogP contribution >= 0.6 is 0 Å². The van der Waals surface area contributed by atoms with Crippen LogP contribution in [-0.4, -0.2) is 42.5 Å². The first-order valence-electron chi connectivity index (χ1n) is 10.9. The topological polar surface area (TPSA) is 63.4 Å². The fraction of sp³-hybridized carbons (Fsp3) is 0.333. The van der Waals surface area contributed by atoms with Crippen LogP contribution in [0.4, 0.5) is 8.78 Å². The molecule has 2 fully saturated rings. The number of fused-ring (bicyclic) bond motifs is 4. The summed E-state index contributed by atoms with van der Waals surface area (Å²) < 4.78 is 28.6. The van der Waals surface area contributed by atoms with E-state index in [0.29, 0.717) is 11.3 Å². The average Bonchev–Trinajstić information content (AvgIpc) is 3.40. The number of alkyl halides is 2. The van der Waals surface area contributed by atoms with Crippen molar-refractivity contribution in [3.05, 3.63) is 71.8 Å². The number of carbonyl (C=O) groups excluding carboxylic acids is 1. The summed E-state index contributed by atoms with van der Waals surface area (Å²) in [5.74, 6) is 0.0825. The molecule has 2 aliphatic heterocycles. The van der Waals surface area contributed by atoms with E-state index in [2.05, 4.69) is 15.1 Å². The van der Waals surface area contributed by atoms with Gasteiger partial charge in [-0.1, -0.05) is 30.3 Å². The lowest BCUT2D eigenvalue weighted by molar-refractivity contribution is 0.0554. The minimum Gasteiger partial charge on any atom is -0.332 e. The highest BCUT2D eigenvalue weighted by Crippen LogP contribution is 2.45. The first-order chi connectivity index (χ1) is 15.6. The number of rotatable bonds is 3. The molecule has 2 bridgehead atoms. The Kier molecular flexibility index (Phi) is 4.41. The van der Waals surface area contributed by atoms with E-state index < -0.39 is 6.43 Å². The molecule has 4 heterocycles. The number of hydrogen-bond acceptors (Lipinski definition) is 4. The van der Waals surface area contributed by atoms with Crippen molar-refractivity contribution >= 4 is 22.5 Å². The van der Waals surface area contributed by atoms with Crippen molar-refractivity contribution in [2.24, 2.45) is 0 Å². The Balaban J connectivity index is 1.39. The van der Waals surface area contributed by atoms with Gasteiger partial charge in [0.05, 0.1) is 5.69 Å². The summed E-state index contributed by atoms with van der Waals surface area (Å²) in [5, 5.41) is 6.35. The van der Waals surface area contributed by atoms with Crippen molar-refractivity contribution in [3.8, 4) is 0 Å². The minimum atomic E-state index is -2.69. The molecule has 32 heavy (non-hydrogen) atoms. The number of nitrogens with zero attached hydrogens (tertiary/aromatic N) is 5. The molecule has 4 aromatic rings. The van der Waals surface area contributed by atoms with Crippen molar-refractivity contribution in [1.29, 1.82) is 0 Å². The molecular weight excluding hydrogens is 412 g/mol. The van der Waals surface area contributed by atoms with Crippen LogP contribution in [0.25, 0.3) is 16.6 Å². The molecule has 0 unspecified atom stereocenters. The highest BCUT2D eigenvalue weighted by atomic mass is 19.3. The smallest absolute Gasteiger partial charge is 0.280 e. The average molecular weight is 433 g/mol. The number of halogens is 2. The third kappa shape index (κ3) is 2.97. The summed E-state index contributed by atoms with van der Waals surface area (Å²) >= 11 is 0. The van der Waals surface area contributed by atoms with E-state index in [-0.39, 0.29) is 35.4 Å². The quantitative estimate of drug-likeness (QED) is 0.467. The summed E-state index contributed by atoms with van der Waals surface area (Å²) in [4.78, 5) is 23.6. The van der Waals surface area contributed by atoms with E-state index in [1.165, 1.54) is 12.4 Å². The molecule has 0 N–H and O–H groups in total. The van der Waals surface area contributed by atoms with Crippen molar-refractivity contribution in [2.45, 2.75) is 50.1 Å². The van der Waals surface area contributed by atoms with Gasteiger partial charge in [-0.25, -0.2) is 18.3 Å². The predicted molar refractivity (Wildman–Crippen MR) is 115 cm³/mol. The molecule has 2 aliphatic rings. The summed E-state index contributed by atoms with van der Waals surface area (Å²) in [6.45, 7) is 0. The number of carbonyl (C=O) groups is 1. The number of amides is 1. The molecule has 2 aromatic carbocycles. The normalized spacial score (nSPS) is 22.8. The van der Waals surface area contributed by atoms with Crippen LogP contribution in [0.1, 0.15) is 59.8 Å². The van der Waals surface area contributed by atoms with E-state index in [0.717, 1.165) is 36.5 Å². The molecule has 0 radical (unpaired) electrons. The second kappa shape index (κ2) is 7.32. The zero-order valence-electron chi connectivity index (χ0n) is 17.2. The SMILES string of the molecule is O=C(c1ccc2ccccc2c1)N1[C@H]2CC[C@H](c3cc(C(F)F)nc4ncnn34)[C@@H]1CC2. The van der Waals surface area contributed by atoms with Gasteiger partial charge in [-0.3, -0.25) is 4.79 Å². The number of piperidine rings is 1. The molecule has 2 saturated heterocycles. The fourth-order valence-corrected chi connectivity index (χ4v) is 5.52. The van der Waals surface area contributed by atoms with Crippen LogP contribution in [0.3, 0.4) is 0 Å². The lowest BCUT2D eigenvalue weighted by atomic mass is 9.86. The molecule has 6 nitrogen and oxygen atoms in total. The van der Waals surface area contributed by atoms with E-state index in [1.807, 2.05) is 47.4 Å². The molecule has 1 amide bonds. The highest BCUT2D eigenvalue weighted by Gasteiger charge is 2.46. The van der Waals surface area contributed by atoms with Gasteiger partial charge in [0, 0.05) is 23.6 Å². The second-order valence-electron chi connectivity index (χ2n) is 8.64. The summed E-state index contributed by atoms with van der Waals surface area (Å²) in [6, 6.07) is 15.3. The van der Waals surface area contributed by atoms with Gasteiger partial charge in [-0.15, -0.1) is 0 Å². The van der Waals surface area contributed by atoms with Gasteiger partial charge in [0.1, 0.15) is 12.0 Å². The van der Waals surface area contributed by atoms with Crippen LogP contribution in [0.15, 0.2) is 54.9 Å². The van der Waals surface area contributed by atoms with E-state index in [1.54, 1.807) is 4.52 Å². The number of hydrogen-bond donors (Lipinski definition) is 0. The van der Waals surface area contributed by atoms with Gasteiger partial charge in [-0.05, 0) is 54.7 Å². The van der Waals surface area contributed by atoms with Crippen LogP contribution in [0.5, 0.6) is 0 Å². The third-order valence-electron chi connectivity index (χ3n) is 6.96. The maximum atomic E-state index is 13.6. The van der Waals surface area contributed by atoms with Crippen molar-refractivity contribution in [2.75, 3.05) is 0 Å². The van der Waals surface area contributed by atoms with Gasteiger partial charge in [0.2, 0.25) is 0 Å². The summed E-state index contributed by atoms with van der Waals surface area (Å²) in [7, 11) is 0. The van der Waals surface area contributed by atoms with Crippen molar-refractivity contribution in [3.63, 3.8) is 0 Å². The number of benzene rings is 2. The Morgan fingerprint density at radius 1 is 1.00 bits per heavy atom. The van der Waals surface area contributed by atoms with Gasteiger partial charge in [-0.2, -0.15) is 10.1 Å². The lowest BCUT2D eigenvalue weighted by Crippen LogP contribution is -2.47. The van der Waals surface area contributed by atoms with Crippen LogP contribution in [0.2, 0.25) is 0 Å². The Labute approximate surface area is 182 Å². The van der Waals surface area contributed by atoms with E-state index in [4.69, 9.17) is 0 Å². The first-order valence-corrected chi connectivity index (χ1v) is 10.9. The monoisotopic (exact) mass is 433 g/mol. The summed E-state index contributed by atoms with van der Waals surface area (Å²) in [6.07, 6.45) is 2.07. The standard InChI is InChI=1S/C24H21F2N5O/c25-22(26)19-12-21(31-24(29-19)27-13-28-31)18-9-7-17-8-10-20(18)30(17)23(32)16-6-5-14-3-1-2-4-15(14)11-16/h1-6,11-13,17-18,20,22H,7-10H2/t17-,18-,20-/m0/s1. The van der Waals surface area contributed by atoms with Gasteiger partial charge in [0.25, 0.3) is 18.1 Å². The van der Waals surface area contributed by atoms with E-state index in [9.17, 15) is 13.6 Å². The Morgan fingerprint density at radius 3 is 2.66 bits per heavy atom. The highest BCUT2D eigenvalue weighted by molar-refractivity contribution is 5.99. The minimum absolute atomic E-state index is 0.00549. The van der Waals surface area contributed by atoms with E-state index >= 15 is 0 Å². The van der Waals surface area contributed by atoms with Crippen LogP contribution < -0.4 is 0 Å². The Morgan fingerprint density at radius 2 is 1.81 bits per heavy atom. The fourth-order valence-electron chi connectivity index (χ4n) is 5.52. The van der Waals surface area contributed by atoms with Crippen molar-refractivity contribution in [1.82, 2.24) is 24.5 Å². The Hall–Kier alpha value is -3.42. The zero-order chi connectivity index (χ0) is 21.8. The van der Waals surface area contributed by atoms with Crippen LogP contribution in [0, 0.1) is 0 Å². The molecular formula is C24H21F2N5O. The van der Waals surface area contributed by atoms with Crippen molar-refractivity contribution < 1.29 is 13.6 Å². The van der Waals surface area contributed by atoms with Crippen LogP contribution in [-0.2, 0) is 0 Å². The molecule has 0 spiro atoms. The molecule has 2 aromatic heterocycles. The maximum absolute atomic E-state index is 13.6. The predicted octanol–water partition coefficient (Wildman–Crippen LogP) is 4.77. The number of aromatic nitrogens is 4. The summed E-state index contributed by atoms with van der Waals surface area (Å²) in [5.41, 5.74) is 1.02. The maximum Gasteiger partial charge on any atom is 0.280 e. The largest absolute Gasteiger partial charge is 0.332 e. The van der Waals surface area contributed by atoms with Gasteiger partial charge < -0.3 is 4.90 Å². The molecule has 3 atom stereocenters. The third-order valence-corrected chi connectivity index (χ3v) is 6.96. The van der Waals surface area contributed by atoms with Gasteiger partial charge in [0.15, 0.2) is 0 Å². The first kappa shape index (κ1) is 19.3.